The van der Waals surface area contributed by atoms with Crippen molar-refractivity contribution < 1.29 is 4.52 Å². The largest absolute Gasteiger partial charge is 0.354 e. The minimum absolute atomic E-state index is 0.113. The van der Waals surface area contributed by atoms with Gasteiger partial charge in [-0.3, -0.25) is 4.90 Å². The Labute approximate surface area is 129 Å². The summed E-state index contributed by atoms with van der Waals surface area (Å²) in [5.74, 6) is 2.19. The van der Waals surface area contributed by atoms with Crippen LogP contribution in [0.5, 0.6) is 0 Å². The summed E-state index contributed by atoms with van der Waals surface area (Å²) >= 11 is 0. The maximum absolute atomic E-state index is 8.98. The first-order chi connectivity index (χ1) is 10.7. The number of rotatable bonds is 3. The molecule has 0 saturated carbocycles. The molecule has 22 heavy (non-hydrogen) atoms. The fourth-order valence-electron chi connectivity index (χ4n) is 2.64. The molecule has 114 valence electrons. The molecule has 1 fully saturated rings. The Kier molecular flexibility index (Phi) is 4.02. The van der Waals surface area contributed by atoms with Gasteiger partial charge in [0.15, 0.2) is 5.82 Å². The minimum Gasteiger partial charge on any atom is -0.354 e. The molecule has 0 N–H and O–H groups in total. The van der Waals surface area contributed by atoms with Gasteiger partial charge in [0.25, 0.3) is 0 Å². The molecular weight excluding hydrogens is 280 g/mol. The SMILES string of the molecule is Cc1noc([C@@H](C)N2CCN(c3cc(C#N)ccn3)CC2)n1. The number of aryl methyl sites for hydroxylation is 1. The Hall–Kier alpha value is -2.46. The summed E-state index contributed by atoms with van der Waals surface area (Å²) in [6, 6.07) is 5.82. The Morgan fingerprint density at radius 2 is 2.09 bits per heavy atom. The van der Waals surface area contributed by atoms with Crippen LogP contribution in [0.15, 0.2) is 22.9 Å². The van der Waals surface area contributed by atoms with Crippen molar-refractivity contribution in [2.45, 2.75) is 19.9 Å². The van der Waals surface area contributed by atoms with Crippen molar-refractivity contribution in [3.05, 3.63) is 35.6 Å². The molecule has 0 aliphatic carbocycles. The zero-order valence-corrected chi connectivity index (χ0v) is 12.7. The summed E-state index contributed by atoms with van der Waals surface area (Å²) in [4.78, 5) is 13.2. The average Bonchev–Trinajstić information content (AvgIpc) is 3.01. The number of nitriles is 1. The second-order valence-corrected chi connectivity index (χ2v) is 5.39. The highest BCUT2D eigenvalue weighted by atomic mass is 16.5. The van der Waals surface area contributed by atoms with E-state index in [1.165, 1.54) is 0 Å². The lowest BCUT2D eigenvalue weighted by atomic mass is 10.2. The molecule has 3 rings (SSSR count). The van der Waals surface area contributed by atoms with Crippen LogP contribution < -0.4 is 4.90 Å². The maximum Gasteiger partial charge on any atom is 0.243 e. The number of piperazine rings is 1. The number of pyridine rings is 1. The Morgan fingerprint density at radius 3 is 2.73 bits per heavy atom. The second kappa shape index (κ2) is 6.12. The molecule has 2 aromatic heterocycles. The van der Waals surface area contributed by atoms with E-state index in [2.05, 4.69) is 37.9 Å². The third kappa shape index (κ3) is 2.92. The Bertz CT molecular complexity index is 683. The van der Waals surface area contributed by atoms with E-state index in [0.717, 1.165) is 32.0 Å². The van der Waals surface area contributed by atoms with E-state index in [0.29, 0.717) is 17.3 Å². The summed E-state index contributed by atoms with van der Waals surface area (Å²) in [7, 11) is 0. The first kappa shape index (κ1) is 14.5. The van der Waals surface area contributed by atoms with E-state index >= 15 is 0 Å². The molecule has 1 saturated heterocycles. The van der Waals surface area contributed by atoms with Gasteiger partial charge in [0, 0.05) is 32.4 Å². The van der Waals surface area contributed by atoms with E-state index in [1.54, 1.807) is 12.3 Å². The third-order valence-electron chi connectivity index (χ3n) is 3.96. The highest BCUT2D eigenvalue weighted by Gasteiger charge is 2.25. The first-order valence-corrected chi connectivity index (χ1v) is 7.33. The quantitative estimate of drug-likeness (QED) is 0.849. The lowest BCUT2D eigenvalue weighted by molar-refractivity contribution is 0.164. The molecule has 0 radical (unpaired) electrons. The van der Waals surface area contributed by atoms with Crippen LogP contribution in [0.3, 0.4) is 0 Å². The average molecular weight is 298 g/mol. The van der Waals surface area contributed by atoms with Crippen LogP contribution in [-0.4, -0.2) is 46.2 Å². The van der Waals surface area contributed by atoms with E-state index in [4.69, 9.17) is 9.78 Å². The zero-order valence-electron chi connectivity index (χ0n) is 12.7. The third-order valence-corrected chi connectivity index (χ3v) is 3.96. The van der Waals surface area contributed by atoms with Gasteiger partial charge in [-0.15, -0.1) is 0 Å². The lowest BCUT2D eigenvalue weighted by Gasteiger charge is -2.37. The van der Waals surface area contributed by atoms with Crippen molar-refractivity contribution in [1.29, 1.82) is 5.26 Å². The van der Waals surface area contributed by atoms with Gasteiger partial charge in [0.2, 0.25) is 5.89 Å². The Morgan fingerprint density at radius 1 is 1.32 bits per heavy atom. The standard InChI is InChI=1S/C15H18N6O/c1-11(15-18-12(2)19-22-15)20-5-7-21(8-6-20)14-9-13(10-16)3-4-17-14/h3-4,9,11H,5-8H2,1-2H3/t11-/m1/s1. The monoisotopic (exact) mass is 298 g/mol. The van der Waals surface area contributed by atoms with Crippen LogP contribution in [0, 0.1) is 18.3 Å². The van der Waals surface area contributed by atoms with Crippen LogP contribution in [0.4, 0.5) is 5.82 Å². The molecule has 7 nitrogen and oxygen atoms in total. The number of anilines is 1. The molecule has 1 aliphatic rings. The van der Waals surface area contributed by atoms with Crippen LogP contribution in [0.25, 0.3) is 0 Å². The summed E-state index contributed by atoms with van der Waals surface area (Å²) < 4.78 is 5.26. The van der Waals surface area contributed by atoms with Gasteiger partial charge in [-0.25, -0.2) is 4.98 Å². The molecule has 0 spiro atoms. The van der Waals surface area contributed by atoms with E-state index in [1.807, 2.05) is 13.0 Å². The Balaban J connectivity index is 1.63. The van der Waals surface area contributed by atoms with Crippen LogP contribution in [-0.2, 0) is 0 Å². The van der Waals surface area contributed by atoms with Gasteiger partial charge in [-0.1, -0.05) is 5.16 Å². The van der Waals surface area contributed by atoms with Gasteiger partial charge in [0.05, 0.1) is 17.7 Å². The van der Waals surface area contributed by atoms with Gasteiger partial charge >= 0.3 is 0 Å². The van der Waals surface area contributed by atoms with Crippen LogP contribution in [0.2, 0.25) is 0 Å². The van der Waals surface area contributed by atoms with Gasteiger partial charge < -0.3 is 9.42 Å². The van der Waals surface area contributed by atoms with E-state index in [9.17, 15) is 0 Å². The molecule has 2 aromatic rings. The topological polar surface area (TPSA) is 82.1 Å². The van der Waals surface area contributed by atoms with Crippen molar-refractivity contribution in [2.24, 2.45) is 0 Å². The molecule has 1 atom stereocenters. The number of aromatic nitrogens is 3. The van der Waals surface area contributed by atoms with Crippen molar-refractivity contribution >= 4 is 5.82 Å². The van der Waals surface area contributed by atoms with Crippen LogP contribution in [0.1, 0.15) is 30.2 Å². The predicted octanol–water partition coefficient (Wildman–Crippen LogP) is 1.53. The van der Waals surface area contributed by atoms with Crippen molar-refractivity contribution in [1.82, 2.24) is 20.0 Å². The highest BCUT2D eigenvalue weighted by molar-refractivity contribution is 5.45. The first-order valence-electron chi connectivity index (χ1n) is 7.33. The smallest absolute Gasteiger partial charge is 0.243 e. The van der Waals surface area contributed by atoms with Crippen molar-refractivity contribution in [2.75, 3.05) is 31.1 Å². The second-order valence-electron chi connectivity index (χ2n) is 5.39. The predicted molar refractivity (Wildman–Crippen MR) is 80.2 cm³/mol. The van der Waals surface area contributed by atoms with Crippen molar-refractivity contribution in [3.63, 3.8) is 0 Å². The molecule has 0 unspecified atom stereocenters. The van der Waals surface area contributed by atoms with Gasteiger partial charge in [-0.05, 0) is 26.0 Å². The number of hydrogen-bond acceptors (Lipinski definition) is 7. The summed E-state index contributed by atoms with van der Waals surface area (Å²) in [5.41, 5.74) is 0.641. The van der Waals surface area contributed by atoms with Crippen molar-refractivity contribution in [3.8, 4) is 6.07 Å². The number of hydrogen-bond donors (Lipinski definition) is 0. The number of nitrogens with zero attached hydrogens (tertiary/aromatic N) is 6. The maximum atomic E-state index is 8.98. The summed E-state index contributed by atoms with van der Waals surface area (Å²) in [6.45, 7) is 7.41. The van der Waals surface area contributed by atoms with Crippen LogP contribution >= 0.6 is 0 Å². The molecule has 3 heterocycles. The molecular formula is C15H18N6O. The summed E-state index contributed by atoms with van der Waals surface area (Å²) in [6.07, 6.45) is 1.68. The van der Waals surface area contributed by atoms with Gasteiger partial charge in [0.1, 0.15) is 5.82 Å². The fraction of sp³-hybridized carbons (Fsp3) is 0.467. The highest BCUT2D eigenvalue weighted by Crippen LogP contribution is 2.22. The van der Waals surface area contributed by atoms with Gasteiger partial charge in [-0.2, -0.15) is 10.2 Å². The fourth-order valence-corrected chi connectivity index (χ4v) is 2.64. The zero-order chi connectivity index (χ0) is 15.5. The molecule has 0 bridgehead atoms. The van der Waals surface area contributed by atoms with E-state index in [-0.39, 0.29) is 6.04 Å². The normalized spacial score (nSPS) is 17.2. The van der Waals surface area contributed by atoms with E-state index < -0.39 is 0 Å². The summed E-state index contributed by atoms with van der Waals surface area (Å²) in [5, 5.41) is 12.8. The molecule has 7 heteroatoms. The minimum atomic E-state index is 0.113. The molecule has 0 amide bonds. The molecule has 0 aromatic carbocycles. The lowest BCUT2D eigenvalue weighted by Crippen LogP contribution is -2.47. The molecule has 1 aliphatic heterocycles.